The lowest BCUT2D eigenvalue weighted by Crippen LogP contribution is -2.30. The monoisotopic (exact) mass is 447 g/mol. The third-order valence-electron chi connectivity index (χ3n) is 6.21. The Balaban J connectivity index is 1.28. The molecule has 1 aromatic carbocycles. The molecule has 1 amide bonds. The standard InChI is InChI=1S/C25H26FN5O2/c26-20-16-18(9-11-22(20)33-19-6-4-13-27-17-19)10-12-24(32)30-15-5-7-21(30)25-29-28-23-8-2-1-3-14-31(23)25/h4,6,9-13,16-17,21H,1-3,5,7-8,14-15H2/b12-10+. The van der Waals surface area contributed by atoms with Gasteiger partial charge in [0.1, 0.15) is 11.6 Å². The summed E-state index contributed by atoms with van der Waals surface area (Å²) in [6, 6.07) is 8.00. The Labute approximate surface area is 191 Å². The van der Waals surface area contributed by atoms with Gasteiger partial charge in [0.25, 0.3) is 0 Å². The third kappa shape index (κ3) is 4.65. The van der Waals surface area contributed by atoms with Gasteiger partial charge in [-0.05, 0) is 61.6 Å². The predicted molar refractivity (Wildman–Crippen MR) is 121 cm³/mol. The van der Waals surface area contributed by atoms with Crippen molar-refractivity contribution >= 4 is 12.0 Å². The van der Waals surface area contributed by atoms with Crippen LogP contribution in [0.25, 0.3) is 6.08 Å². The predicted octanol–water partition coefficient (Wildman–Crippen LogP) is 4.71. The Hall–Kier alpha value is -3.55. The quantitative estimate of drug-likeness (QED) is 0.530. The van der Waals surface area contributed by atoms with Gasteiger partial charge in [0.05, 0.1) is 12.2 Å². The van der Waals surface area contributed by atoms with Gasteiger partial charge in [-0.2, -0.15) is 0 Å². The molecule has 2 aromatic heterocycles. The van der Waals surface area contributed by atoms with Crippen molar-refractivity contribution in [1.29, 1.82) is 0 Å². The molecule has 1 fully saturated rings. The highest BCUT2D eigenvalue weighted by molar-refractivity contribution is 5.92. The molecule has 8 heteroatoms. The minimum atomic E-state index is -0.501. The summed E-state index contributed by atoms with van der Waals surface area (Å²) in [7, 11) is 0. The van der Waals surface area contributed by atoms with Crippen LogP contribution in [0.1, 0.15) is 55.4 Å². The third-order valence-corrected chi connectivity index (χ3v) is 6.21. The fourth-order valence-electron chi connectivity index (χ4n) is 4.55. The molecule has 5 rings (SSSR count). The summed E-state index contributed by atoms with van der Waals surface area (Å²) in [5.41, 5.74) is 0.589. The second-order valence-corrected chi connectivity index (χ2v) is 8.44. The number of fused-ring (bicyclic) bond motifs is 1. The van der Waals surface area contributed by atoms with Gasteiger partial charge >= 0.3 is 0 Å². The SMILES string of the molecule is O=C(/C=C/c1ccc(Oc2cccnc2)c(F)c1)N1CCCC1c1nnc2n1CCCCC2. The van der Waals surface area contributed by atoms with Crippen molar-refractivity contribution in [2.24, 2.45) is 0 Å². The molecule has 0 radical (unpaired) electrons. The molecule has 0 saturated carbocycles. The lowest BCUT2D eigenvalue weighted by Gasteiger charge is -2.23. The molecule has 0 bridgehead atoms. The summed E-state index contributed by atoms with van der Waals surface area (Å²) in [4.78, 5) is 18.8. The van der Waals surface area contributed by atoms with Crippen LogP contribution in [0.2, 0.25) is 0 Å². The summed E-state index contributed by atoms with van der Waals surface area (Å²) >= 11 is 0. The molecule has 1 saturated heterocycles. The second kappa shape index (κ2) is 9.52. The Morgan fingerprint density at radius 3 is 2.91 bits per heavy atom. The van der Waals surface area contributed by atoms with E-state index in [1.807, 2.05) is 4.90 Å². The molecule has 2 aliphatic heterocycles. The van der Waals surface area contributed by atoms with E-state index >= 15 is 0 Å². The molecule has 4 heterocycles. The molecule has 0 aliphatic carbocycles. The normalized spacial score (nSPS) is 18.3. The molecule has 0 spiro atoms. The van der Waals surface area contributed by atoms with E-state index in [2.05, 4.69) is 19.7 Å². The topological polar surface area (TPSA) is 73.1 Å². The number of likely N-dealkylation sites (tertiary alicyclic amines) is 1. The molecule has 170 valence electrons. The lowest BCUT2D eigenvalue weighted by molar-refractivity contribution is -0.127. The first-order valence-electron chi connectivity index (χ1n) is 11.5. The maximum absolute atomic E-state index is 14.5. The Morgan fingerprint density at radius 1 is 1.12 bits per heavy atom. The van der Waals surface area contributed by atoms with E-state index in [9.17, 15) is 9.18 Å². The maximum atomic E-state index is 14.5. The van der Waals surface area contributed by atoms with Crippen molar-refractivity contribution < 1.29 is 13.9 Å². The number of benzene rings is 1. The molecule has 7 nitrogen and oxygen atoms in total. The maximum Gasteiger partial charge on any atom is 0.247 e. The number of amides is 1. The van der Waals surface area contributed by atoms with Gasteiger partial charge in [0.2, 0.25) is 5.91 Å². The fourth-order valence-corrected chi connectivity index (χ4v) is 4.55. The van der Waals surface area contributed by atoms with Crippen molar-refractivity contribution in [2.45, 2.75) is 51.1 Å². The zero-order valence-corrected chi connectivity index (χ0v) is 18.4. The Morgan fingerprint density at radius 2 is 2.06 bits per heavy atom. The van der Waals surface area contributed by atoms with Crippen LogP contribution in [0.5, 0.6) is 11.5 Å². The first-order valence-corrected chi connectivity index (χ1v) is 11.5. The van der Waals surface area contributed by atoms with Crippen molar-refractivity contribution in [3.05, 3.63) is 71.8 Å². The zero-order valence-electron chi connectivity index (χ0n) is 18.4. The molecule has 2 aliphatic rings. The van der Waals surface area contributed by atoms with Crippen LogP contribution < -0.4 is 4.74 Å². The second-order valence-electron chi connectivity index (χ2n) is 8.44. The van der Waals surface area contributed by atoms with E-state index in [-0.39, 0.29) is 17.7 Å². The minimum Gasteiger partial charge on any atom is -0.453 e. The molecule has 1 unspecified atom stereocenters. The average molecular weight is 448 g/mol. The van der Waals surface area contributed by atoms with Crippen LogP contribution in [0, 0.1) is 5.82 Å². The molecule has 0 N–H and O–H groups in total. The molecule has 33 heavy (non-hydrogen) atoms. The first-order chi connectivity index (χ1) is 16.2. The number of halogens is 1. The molecular formula is C25H26FN5O2. The molecule has 1 atom stereocenters. The highest BCUT2D eigenvalue weighted by atomic mass is 19.1. The van der Waals surface area contributed by atoms with Gasteiger partial charge in [0, 0.05) is 31.8 Å². The number of aromatic nitrogens is 4. The van der Waals surface area contributed by atoms with E-state index in [1.54, 1.807) is 36.5 Å². The number of rotatable bonds is 5. The van der Waals surface area contributed by atoms with Gasteiger partial charge in [0.15, 0.2) is 17.4 Å². The number of ether oxygens (including phenoxy) is 1. The number of nitrogens with zero attached hydrogens (tertiary/aromatic N) is 5. The van der Waals surface area contributed by atoms with E-state index in [0.29, 0.717) is 17.9 Å². The van der Waals surface area contributed by atoms with Gasteiger partial charge in [-0.25, -0.2) is 4.39 Å². The number of aryl methyl sites for hydroxylation is 1. The van der Waals surface area contributed by atoms with E-state index < -0.39 is 5.82 Å². The molecular weight excluding hydrogens is 421 g/mol. The van der Waals surface area contributed by atoms with Crippen LogP contribution in [-0.2, 0) is 17.8 Å². The first kappa shape index (κ1) is 21.3. The van der Waals surface area contributed by atoms with E-state index in [0.717, 1.165) is 50.3 Å². The summed E-state index contributed by atoms with van der Waals surface area (Å²) in [6.07, 6.45) is 12.5. The van der Waals surface area contributed by atoms with Crippen molar-refractivity contribution in [1.82, 2.24) is 24.6 Å². The van der Waals surface area contributed by atoms with Gasteiger partial charge in [-0.3, -0.25) is 9.78 Å². The summed E-state index contributed by atoms with van der Waals surface area (Å²) in [5.74, 6) is 1.90. The van der Waals surface area contributed by atoms with Crippen molar-refractivity contribution in [2.75, 3.05) is 6.54 Å². The largest absolute Gasteiger partial charge is 0.453 e. The number of pyridine rings is 1. The van der Waals surface area contributed by atoms with Crippen LogP contribution in [0.15, 0.2) is 48.8 Å². The number of carbonyl (C=O) groups excluding carboxylic acids is 1. The van der Waals surface area contributed by atoms with E-state index in [4.69, 9.17) is 4.74 Å². The van der Waals surface area contributed by atoms with Crippen LogP contribution in [-0.4, -0.2) is 37.1 Å². The van der Waals surface area contributed by atoms with Gasteiger partial charge in [-0.1, -0.05) is 12.5 Å². The van der Waals surface area contributed by atoms with E-state index in [1.165, 1.54) is 24.8 Å². The zero-order chi connectivity index (χ0) is 22.6. The smallest absolute Gasteiger partial charge is 0.247 e. The summed E-state index contributed by atoms with van der Waals surface area (Å²) in [5, 5.41) is 8.85. The summed E-state index contributed by atoms with van der Waals surface area (Å²) in [6.45, 7) is 1.60. The highest BCUT2D eigenvalue weighted by Gasteiger charge is 2.33. The Kier molecular flexibility index (Phi) is 6.15. The van der Waals surface area contributed by atoms with Gasteiger partial charge in [-0.15, -0.1) is 10.2 Å². The fraction of sp³-hybridized carbons (Fsp3) is 0.360. The highest BCUT2D eigenvalue weighted by Crippen LogP contribution is 2.33. The van der Waals surface area contributed by atoms with Crippen LogP contribution in [0.4, 0.5) is 4.39 Å². The van der Waals surface area contributed by atoms with Gasteiger partial charge < -0.3 is 14.2 Å². The number of carbonyl (C=O) groups is 1. The Bertz CT molecular complexity index is 1160. The summed E-state index contributed by atoms with van der Waals surface area (Å²) < 4.78 is 22.3. The molecule has 3 aromatic rings. The van der Waals surface area contributed by atoms with Crippen LogP contribution >= 0.6 is 0 Å². The number of hydrogen-bond acceptors (Lipinski definition) is 5. The lowest BCUT2D eigenvalue weighted by atomic mass is 10.1. The van der Waals surface area contributed by atoms with Crippen LogP contribution in [0.3, 0.4) is 0 Å². The van der Waals surface area contributed by atoms with Crippen molar-refractivity contribution in [3.63, 3.8) is 0 Å². The average Bonchev–Trinajstić information content (AvgIpc) is 3.40. The minimum absolute atomic E-state index is 0.0616. The number of hydrogen-bond donors (Lipinski definition) is 0. The van der Waals surface area contributed by atoms with Crippen molar-refractivity contribution in [3.8, 4) is 11.5 Å².